The van der Waals surface area contributed by atoms with Crippen molar-refractivity contribution in [3.05, 3.63) is 17.5 Å². The molecule has 5 nitrogen and oxygen atoms in total. The number of carbonyl (C=O) groups excluding carboxylic acids is 1. The van der Waals surface area contributed by atoms with Crippen molar-refractivity contribution >= 4 is 5.91 Å². The van der Waals surface area contributed by atoms with Crippen molar-refractivity contribution in [3.8, 4) is 0 Å². The molecular weight excluding hydrogens is 216 g/mol. The molecule has 0 aliphatic rings. The minimum atomic E-state index is -0.0669. The number of nitrogens with one attached hydrogen (secondary N) is 1. The first-order valence-electron chi connectivity index (χ1n) is 5.97. The smallest absolute Gasteiger partial charge is 0.254 e. The van der Waals surface area contributed by atoms with Crippen LogP contribution in [0.2, 0.25) is 0 Å². The van der Waals surface area contributed by atoms with Crippen LogP contribution in [0, 0.1) is 12.8 Å². The first kappa shape index (κ1) is 13.7. The molecule has 0 spiro atoms. The molecule has 1 amide bonds. The van der Waals surface area contributed by atoms with Crippen LogP contribution in [0.4, 0.5) is 0 Å². The molecule has 1 heterocycles. The Bertz CT molecular complexity index is 384. The van der Waals surface area contributed by atoms with Crippen molar-refractivity contribution in [1.82, 2.24) is 15.1 Å². The average molecular weight is 238 g/mol. The molecule has 0 fully saturated rings. The fourth-order valence-electron chi connectivity index (χ4n) is 1.82. The molecule has 3 N–H and O–H groups in total. The van der Waals surface area contributed by atoms with Crippen LogP contribution in [0.3, 0.4) is 0 Å². The highest BCUT2D eigenvalue weighted by molar-refractivity contribution is 5.95. The van der Waals surface area contributed by atoms with Crippen molar-refractivity contribution in [3.63, 3.8) is 0 Å². The van der Waals surface area contributed by atoms with Gasteiger partial charge in [-0.25, -0.2) is 0 Å². The highest BCUT2D eigenvalue weighted by Crippen LogP contribution is 2.09. The number of carbonyl (C=O) groups is 1. The van der Waals surface area contributed by atoms with Crippen LogP contribution < -0.4 is 11.1 Å². The summed E-state index contributed by atoms with van der Waals surface area (Å²) in [5, 5.41) is 7.18. The summed E-state index contributed by atoms with van der Waals surface area (Å²) in [5.74, 6) is 0.308. The molecule has 0 bridgehead atoms. The van der Waals surface area contributed by atoms with Crippen LogP contribution in [-0.2, 0) is 7.05 Å². The Kier molecular flexibility index (Phi) is 4.69. The lowest BCUT2D eigenvalue weighted by molar-refractivity contribution is 0.0923. The number of hydrogen-bond acceptors (Lipinski definition) is 3. The minimum absolute atomic E-state index is 0.0669. The van der Waals surface area contributed by atoms with E-state index in [2.05, 4.69) is 24.3 Å². The van der Waals surface area contributed by atoms with Gasteiger partial charge in [0.25, 0.3) is 5.91 Å². The second-order valence-electron chi connectivity index (χ2n) is 4.70. The fraction of sp³-hybridized carbons (Fsp3) is 0.667. The predicted octanol–water partition coefficient (Wildman–Crippen LogP) is 0.832. The first-order chi connectivity index (χ1) is 7.95. The topological polar surface area (TPSA) is 72.9 Å². The van der Waals surface area contributed by atoms with Gasteiger partial charge >= 0.3 is 0 Å². The van der Waals surface area contributed by atoms with Crippen LogP contribution in [0.25, 0.3) is 0 Å². The highest BCUT2D eigenvalue weighted by atomic mass is 16.1. The largest absolute Gasteiger partial charge is 0.349 e. The maximum Gasteiger partial charge on any atom is 0.254 e. The summed E-state index contributed by atoms with van der Waals surface area (Å²) < 4.78 is 1.65. The summed E-state index contributed by atoms with van der Waals surface area (Å²) in [4.78, 5) is 12.1. The van der Waals surface area contributed by atoms with Gasteiger partial charge in [-0.05, 0) is 25.8 Å². The molecule has 96 valence electrons. The first-order valence-corrected chi connectivity index (χ1v) is 5.97. The second kappa shape index (κ2) is 5.82. The monoisotopic (exact) mass is 238 g/mol. The van der Waals surface area contributed by atoms with Gasteiger partial charge in [0, 0.05) is 19.3 Å². The molecule has 0 aliphatic heterocycles. The normalized spacial score (nSPS) is 12.8. The number of aromatic nitrogens is 2. The number of nitrogens with zero attached hydrogens (tertiary/aromatic N) is 2. The Morgan fingerprint density at radius 2 is 2.24 bits per heavy atom. The Hall–Kier alpha value is -1.36. The van der Waals surface area contributed by atoms with E-state index in [9.17, 15) is 4.79 Å². The van der Waals surface area contributed by atoms with Gasteiger partial charge in [0.2, 0.25) is 0 Å². The van der Waals surface area contributed by atoms with Crippen molar-refractivity contribution in [2.75, 3.05) is 6.54 Å². The maximum absolute atomic E-state index is 12.1. The molecular formula is C12H22N4O. The second-order valence-corrected chi connectivity index (χ2v) is 4.70. The quantitative estimate of drug-likeness (QED) is 0.798. The number of hydrogen-bond donors (Lipinski definition) is 2. The molecule has 1 atom stereocenters. The Balaban J connectivity index is 2.73. The Morgan fingerprint density at radius 1 is 1.59 bits per heavy atom. The molecule has 0 aromatic carbocycles. The van der Waals surface area contributed by atoms with Crippen molar-refractivity contribution in [2.24, 2.45) is 18.7 Å². The van der Waals surface area contributed by atoms with E-state index in [1.165, 1.54) is 0 Å². The van der Waals surface area contributed by atoms with Gasteiger partial charge in [0.05, 0.1) is 11.3 Å². The van der Waals surface area contributed by atoms with Gasteiger partial charge in [0.1, 0.15) is 0 Å². The Morgan fingerprint density at radius 3 is 2.65 bits per heavy atom. The van der Waals surface area contributed by atoms with Crippen LogP contribution in [-0.4, -0.2) is 28.3 Å². The molecule has 0 saturated heterocycles. The zero-order chi connectivity index (χ0) is 13.0. The van der Waals surface area contributed by atoms with Gasteiger partial charge in [-0.15, -0.1) is 0 Å². The van der Waals surface area contributed by atoms with E-state index in [4.69, 9.17) is 5.73 Å². The summed E-state index contributed by atoms with van der Waals surface area (Å²) in [6, 6.07) is 0.118. The van der Waals surface area contributed by atoms with Gasteiger partial charge in [0.15, 0.2) is 0 Å². The van der Waals surface area contributed by atoms with Crippen molar-refractivity contribution in [1.29, 1.82) is 0 Å². The maximum atomic E-state index is 12.1. The van der Waals surface area contributed by atoms with E-state index in [-0.39, 0.29) is 11.9 Å². The average Bonchev–Trinajstić information content (AvgIpc) is 2.57. The standard InChI is InChI=1S/C12H22N4O/c1-8(2)11(5-6-13)14-12(17)10-7-16(4)15-9(10)3/h7-8,11H,5-6,13H2,1-4H3,(H,14,17). The summed E-state index contributed by atoms with van der Waals surface area (Å²) in [6.45, 7) is 6.57. The lowest BCUT2D eigenvalue weighted by Crippen LogP contribution is -2.40. The zero-order valence-corrected chi connectivity index (χ0v) is 11.0. The van der Waals surface area contributed by atoms with Gasteiger partial charge in [-0.3, -0.25) is 9.48 Å². The number of nitrogens with two attached hydrogens (primary N) is 1. The van der Waals surface area contributed by atoms with Gasteiger partial charge in [-0.2, -0.15) is 5.10 Å². The van der Waals surface area contributed by atoms with Crippen molar-refractivity contribution in [2.45, 2.75) is 33.2 Å². The minimum Gasteiger partial charge on any atom is -0.349 e. The van der Waals surface area contributed by atoms with Crippen LogP contribution in [0.1, 0.15) is 36.3 Å². The molecule has 1 aromatic heterocycles. The lowest BCUT2D eigenvalue weighted by atomic mass is 10.0. The van der Waals surface area contributed by atoms with Crippen LogP contribution in [0.15, 0.2) is 6.20 Å². The molecule has 0 aliphatic carbocycles. The fourth-order valence-corrected chi connectivity index (χ4v) is 1.82. The third kappa shape index (κ3) is 3.56. The van der Waals surface area contributed by atoms with E-state index in [1.807, 2.05) is 14.0 Å². The molecule has 1 rings (SSSR count). The SMILES string of the molecule is Cc1nn(C)cc1C(=O)NC(CCN)C(C)C. The number of rotatable bonds is 5. The third-order valence-corrected chi connectivity index (χ3v) is 2.86. The Labute approximate surface area is 102 Å². The van der Waals surface area contributed by atoms with Crippen molar-refractivity contribution < 1.29 is 4.79 Å². The van der Waals surface area contributed by atoms with Crippen LogP contribution in [0.5, 0.6) is 0 Å². The van der Waals surface area contributed by atoms with E-state index < -0.39 is 0 Å². The molecule has 17 heavy (non-hydrogen) atoms. The van der Waals surface area contributed by atoms with E-state index >= 15 is 0 Å². The van der Waals surface area contributed by atoms with Gasteiger partial charge in [-0.1, -0.05) is 13.8 Å². The molecule has 0 saturated carbocycles. The summed E-state index contributed by atoms with van der Waals surface area (Å²) in [5.41, 5.74) is 6.93. The van der Waals surface area contributed by atoms with E-state index in [0.717, 1.165) is 12.1 Å². The summed E-state index contributed by atoms with van der Waals surface area (Å²) in [7, 11) is 1.81. The lowest BCUT2D eigenvalue weighted by Gasteiger charge is -2.21. The predicted molar refractivity (Wildman–Crippen MR) is 67.7 cm³/mol. The number of amides is 1. The zero-order valence-electron chi connectivity index (χ0n) is 11.0. The molecule has 0 radical (unpaired) electrons. The molecule has 1 aromatic rings. The van der Waals surface area contributed by atoms with E-state index in [1.54, 1.807) is 10.9 Å². The van der Waals surface area contributed by atoms with E-state index in [0.29, 0.717) is 18.0 Å². The third-order valence-electron chi connectivity index (χ3n) is 2.86. The van der Waals surface area contributed by atoms with Crippen LogP contribution >= 0.6 is 0 Å². The molecule has 5 heteroatoms. The van der Waals surface area contributed by atoms with Gasteiger partial charge < -0.3 is 11.1 Å². The summed E-state index contributed by atoms with van der Waals surface area (Å²) >= 11 is 0. The molecule has 1 unspecified atom stereocenters. The summed E-state index contributed by atoms with van der Waals surface area (Å²) in [6.07, 6.45) is 2.53. The number of aryl methyl sites for hydroxylation is 2. The highest BCUT2D eigenvalue weighted by Gasteiger charge is 2.18.